The Hall–Kier alpha value is -1.39. The number of fused-ring (bicyclic) bond motifs is 1. The molecule has 110 valence electrons. The van der Waals surface area contributed by atoms with E-state index in [1.165, 1.54) is 11.1 Å². The maximum absolute atomic E-state index is 6.07. The number of rotatable bonds is 4. The first-order valence-electron chi connectivity index (χ1n) is 7.19. The molecule has 21 heavy (non-hydrogen) atoms. The molecule has 2 atom stereocenters. The van der Waals surface area contributed by atoms with E-state index in [-0.39, 0.29) is 12.1 Å². The van der Waals surface area contributed by atoms with E-state index in [1.807, 2.05) is 24.3 Å². The van der Waals surface area contributed by atoms with Crippen molar-refractivity contribution in [3.05, 3.63) is 70.2 Å². The van der Waals surface area contributed by atoms with Gasteiger partial charge in [0, 0.05) is 11.1 Å². The number of hydrazine groups is 1. The predicted molar refractivity (Wildman–Crippen MR) is 85.0 cm³/mol. The summed E-state index contributed by atoms with van der Waals surface area (Å²) in [5, 5.41) is 0.720. The molecule has 3 rings (SSSR count). The Kier molecular flexibility index (Phi) is 4.56. The van der Waals surface area contributed by atoms with Gasteiger partial charge in [-0.05, 0) is 41.7 Å². The lowest BCUT2D eigenvalue weighted by Crippen LogP contribution is -2.31. The van der Waals surface area contributed by atoms with Crippen LogP contribution >= 0.6 is 11.6 Å². The molecule has 3 N–H and O–H groups in total. The summed E-state index contributed by atoms with van der Waals surface area (Å²) in [7, 11) is 0. The smallest absolute Gasteiger partial charge is 0.0846 e. The van der Waals surface area contributed by atoms with Gasteiger partial charge >= 0.3 is 0 Å². The van der Waals surface area contributed by atoms with E-state index < -0.39 is 0 Å². The van der Waals surface area contributed by atoms with E-state index in [0.29, 0.717) is 0 Å². The van der Waals surface area contributed by atoms with Crippen molar-refractivity contribution >= 4 is 11.6 Å². The second-order valence-electron chi connectivity index (χ2n) is 5.32. The van der Waals surface area contributed by atoms with Crippen LogP contribution in [0.3, 0.4) is 0 Å². The second-order valence-corrected chi connectivity index (χ2v) is 5.75. The van der Waals surface area contributed by atoms with Crippen LogP contribution in [0.5, 0.6) is 0 Å². The van der Waals surface area contributed by atoms with Gasteiger partial charge < -0.3 is 4.74 Å². The second kappa shape index (κ2) is 6.58. The van der Waals surface area contributed by atoms with Crippen LogP contribution < -0.4 is 11.3 Å². The van der Waals surface area contributed by atoms with Crippen LogP contribution in [0.1, 0.15) is 35.3 Å². The Labute approximate surface area is 130 Å². The van der Waals surface area contributed by atoms with Crippen molar-refractivity contribution in [2.24, 2.45) is 5.84 Å². The van der Waals surface area contributed by atoms with Gasteiger partial charge in [0.05, 0.1) is 12.7 Å². The van der Waals surface area contributed by atoms with Crippen molar-refractivity contribution in [2.45, 2.75) is 25.0 Å². The standard InChI is InChI=1S/C17H19ClN2O/c18-14-6-3-5-13(10-14)16(20-19)11-17-15-7-2-1-4-12(15)8-9-21-17/h1-7,10,16-17,20H,8-9,11,19H2. The first-order chi connectivity index (χ1) is 10.3. The highest BCUT2D eigenvalue weighted by Gasteiger charge is 2.24. The molecule has 2 unspecified atom stereocenters. The fourth-order valence-electron chi connectivity index (χ4n) is 2.91. The number of halogens is 1. The molecule has 0 amide bonds. The van der Waals surface area contributed by atoms with Gasteiger partial charge in [0.1, 0.15) is 0 Å². The average Bonchev–Trinajstić information content (AvgIpc) is 2.52. The fourth-order valence-corrected chi connectivity index (χ4v) is 3.11. The summed E-state index contributed by atoms with van der Waals surface area (Å²) in [5.41, 5.74) is 6.61. The van der Waals surface area contributed by atoms with Crippen molar-refractivity contribution in [3.8, 4) is 0 Å². The molecule has 0 bridgehead atoms. The molecule has 0 fully saturated rings. The maximum Gasteiger partial charge on any atom is 0.0846 e. The normalized spacial score (nSPS) is 19.0. The number of hydrogen-bond donors (Lipinski definition) is 2. The molecule has 2 aromatic rings. The predicted octanol–water partition coefficient (Wildman–Crippen LogP) is 3.55. The zero-order valence-electron chi connectivity index (χ0n) is 11.8. The highest BCUT2D eigenvalue weighted by molar-refractivity contribution is 6.30. The molecular formula is C17H19ClN2O. The third-order valence-corrected chi connectivity index (χ3v) is 4.23. The van der Waals surface area contributed by atoms with Gasteiger partial charge in [-0.15, -0.1) is 0 Å². The van der Waals surface area contributed by atoms with Crippen molar-refractivity contribution < 1.29 is 4.74 Å². The molecule has 0 saturated heterocycles. The number of hydrogen-bond acceptors (Lipinski definition) is 3. The highest BCUT2D eigenvalue weighted by Crippen LogP contribution is 2.34. The first-order valence-corrected chi connectivity index (χ1v) is 7.56. The van der Waals surface area contributed by atoms with Gasteiger partial charge in [-0.25, -0.2) is 0 Å². The summed E-state index contributed by atoms with van der Waals surface area (Å²) in [4.78, 5) is 0. The Balaban J connectivity index is 1.82. The van der Waals surface area contributed by atoms with E-state index in [1.54, 1.807) is 0 Å². The van der Waals surface area contributed by atoms with Crippen molar-refractivity contribution in [1.82, 2.24) is 5.43 Å². The summed E-state index contributed by atoms with van der Waals surface area (Å²) < 4.78 is 5.96. The highest BCUT2D eigenvalue weighted by atomic mass is 35.5. The molecule has 0 saturated carbocycles. The summed E-state index contributed by atoms with van der Waals surface area (Å²) >= 11 is 6.07. The van der Waals surface area contributed by atoms with Gasteiger partial charge in [-0.3, -0.25) is 11.3 Å². The minimum atomic E-state index is 0.0138. The molecule has 0 aliphatic carbocycles. The Bertz CT molecular complexity index is 617. The Morgan fingerprint density at radius 3 is 2.90 bits per heavy atom. The lowest BCUT2D eigenvalue weighted by molar-refractivity contribution is 0.0293. The van der Waals surface area contributed by atoms with Crippen LogP contribution in [-0.2, 0) is 11.2 Å². The molecule has 0 spiro atoms. The Morgan fingerprint density at radius 1 is 1.24 bits per heavy atom. The van der Waals surface area contributed by atoms with Crippen LogP contribution in [0.4, 0.5) is 0 Å². The first kappa shape index (κ1) is 14.5. The molecule has 1 heterocycles. The van der Waals surface area contributed by atoms with Crippen molar-refractivity contribution in [1.29, 1.82) is 0 Å². The molecular weight excluding hydrogens is 284 g/mol. The number of nitrogens with one attached hydrogen (secondary N) is 1. The lowest BCUT2D eigenvalue weighted by atomic mass is 9.91. The molecule has 2 aromatic carbocycles. The molecule has 4 heteroatoms. The SMILES string of the molecule is NNC(CC1OCCc2ccccc21)c1cccc(Cl)c1. The minimum absolute atomic E-state index is 0.0138. The third-order valence-electron chi connectivity index (χ3n) is 3.99. The summed E-state index contributed by atoms with van der Waals surface area (Å²) in [6.45, 7) is 0.758. The number of ether oxygens (including phenoxy) is 1. The van der Waals surface area contributed by atoms with Gasteiger partial charge in [-0.1, -0.05) is 48.0 Å². The van der Waals surface area contributed by atoms with Crippen LogP contribution in [0.15, 0.2) is 48.5 Å². The van der Waals surface area contributed by atoms with E-state index in [2.05, 4.69) is 29.7 Å². The number of nitrogens with two attached hydrogens (primary N) is 1. The quantitative estimate of drug-likeness (QED) is 0.671. The molecule has 0 aromatic heterocycles. The summed E-state index contributed by atoms with van der Waals surface area (Å²) in [5.74, 6) is 5.74. The topological polar surface area (TPSA) is 47.3 Å². The largest absolute Gasteiger partial charge is 0.373 e. The van der Waals surface area contributed by atoms with Crippen LogP contribution in [-0.4, -0.2) is 6.61 Å². The van der Waals surface area contributed by atoms with Crippen LogP contribution in [0.25, 0.3) is 0 Å². The van der Waals surface area contributed by atoms with E-state index in [9.17, 15) is 0 Å². The molecule has 0 radical (unpaired) electrons. The molecule has 1 aliphatic rings. The van der Waals surface area contributed by atoms with Gasteiger partial charge in [0.25, 0.3) is 0 Å². The molecule has 3 nitrogen and oxygen atoms in total. The summed E-state index contributed by atoms with van der Waals surface area (Å²) in [6, 6.07) is 16.3. The van der Waals surface area contributed by atoms with Gasteiger partial charge in [0.2, 0.25) is 0 Å². The van der Waals surface area contributed by atoms with Crippen molar-refractivity contribution in [3.63, 3.8) is 0 Å². The van der Waals surface area contributed by atoms with Gasteiger partial charge in [-0.2, -0.15) is 0 Å². The average molecular weight is 303 g/mol. The van der Waals surface area contributed by atoms with Crippen LogP contribution in [0.2, 0.25) is 5.02 Å². The monoisotopic (exact) mass is 302 g/mol. The molecule has 1 aliphatic heterocycles. The zero-order valence-corrected chi connectivity index (χ0v) is 12.5. The van der Waals surface area contributed by atoms with E-state index >= 15 is 0 Å². The van der Waals surface area contributed by atoms with Crippen LogP contribution in [0, 0.1) is 0 Å². The Morgan fingerprint density at radius 2 is 2.10 bits per heavy atom. The summed E-state index contributed by atoms with van der Waals surface area (Å²) in [6.07, 6.45) is 1.83. The zero-order chi connectivity index (χ0) is 14.7. The van der Waals surface area contributed by atoms with E-state index in [4.69, 9.17) is 22.2 Å². The van der Waals surface area contributed by atoms with E-state index in [0.717, 1.165) is 30.0 Å². The maximum atomic E-state index is 6.07. The van der Waals surface area contributed by atoms with Crippen molar-refractivity contribution in [2.75, 3.05) is 6.61 Å². The minimum Gasteiger partial charge on any atom is -0.373 e. The third kappa shape index (κ3) is 3.27. The van der Waals surface area contributed by atoms with Gasteiger partial charge in [0.15, 0.2) is 0 Å². The fraction of sp³-hybridized carbons (Fsp3) is 0.294. The lowest BCUT2D eigenvalue weighted by Gasteiger charge is -2.29. The number of benzene rings is 2.